The van der Waals surface area contributed by atoms with Crippen LogP contribution in [0, 0.1) is 0 Å². The van der Waals surface area contributed by atoms with Crippen LogP contribution in [0.4, 0.5) is 5.69 Å². The van der Waals surface area contributed by atoms with Crippen LogP contribution in [0.25, 0.3) is 0 Å². The summed E-state index contributed by atoms with van der Waals surface area (Å²) in [6.07, 6.45) is 2.78. The first-order valence-electron chi connectivity index (χ1n) is 6.96. The molecule has 1 saturated heterocycles. The number of amides is 1. The molecule has 1 N–H and O–H groups in total. The van der Waals surface area contributed by atoms with Crippen molar-refractivity contribution in [2.45, 2.75) is 31.8 Å². The van der Waals surface area contributed by atoms with Crippen molar-refractivity contribution in [1.82, 2.24) is 0 Å². The molecule has 0 radical (unpaired) electrons. The van der Waals surface area contributed by atoms with E-state index < -0.39 is 5.97 Å². The van der Waals surface area contributed by atoms with Crippen molar-refractivity contribution in [3.8, 4) is 0 Å². The molecule has 1 amide bonds. The Hall–Kier alpha value is -1.88. The summed E-state index contributed by atoms with van der Waals surface area (Å²) in [6, 6.07) is 5.12. The lowest BCUT2D eigenvalue weighted by Gasteiger charge is -2.31. The molecule has 1 fully saturated rings. The Morgan fingerprint density at radius 2 is 2.15 bits per heavy atom. The van der Waals surface area contributed by atoms with Crippen molar-refractivity contribution < 1.29 is 19.4 Å². The molecular weight excluding hydrogens is 258 g/mol. The lowest BCUT2D eigenvalue weighted by atomic mass is 9.95. The summed E-state index contributed by atoms with van der Waals surface area (Å²) in [6.45, 7) is 1.26. The Labute approximate surface area is 117 Å². The molecule has 2 heterocycles. The van der Waals surface area contributed by atoms with E-state index in [9.17, 15) is 14.7 Å². The summed E-state index contributed by atoms with van der Waals surface area (Å²) in [7, 11) is 0. The topological polar surface area (TPSA) is 66.8 Å². The van der Waals surface area contributed by atoms with Crippen LogP contribution in [0.2, 0.25) is 0 Å². The van der Waals surface area contributed by atoms with Crippen LogP contribution in [-0.2, 0) is 16.0 Å². The second-order valence-electron chi connectivity index (χ2n) is 5.20. The number of hydrogen-bond donors (Lipinski definition) is 1. The van der Waals surface area contributed by atoms with E-state index in [4.69, 9.17) is 4.74 Å². The van der Waals surface area contributed by atoms with Gasteiger partial charge in [0.2, 0.25) is 0 Å². The molecule has 20 heavy (non-hydrogen) atoms. The van der Waals surface area contributed by atoms with Gasteiger partial charge >= 0.3 is 5.97 Å². The van der Waals surface area contributed by atoms with E-state index in [0.29, 0.717) is 25.1 Å². The second kappa shape index (κ2) is 5.25. The Morgan fingerprint density at radius 1 is 1.30 bits per heavy atom. The van der Waals surface area contributed by atoms with Crippen molar-refractivity contribution in [3.05, 3.63) is 29.3 Å². The number of nitrogens with zero attached hydrogens (tertiary/aromatic N) is 1. The molecular formula is C15H17NO4. The Kier molecular flexibility index (Phi) is 3.44. The molecule has 5 heteroatoms. The van der Waals surface area contributed by atoms with E-state index in [1.807, 2.05) is 6.07 Å². The molecule has 0 saturated carbocycles. The van der Waals surface area contributed by atoms with E-state index in [-0.39, 0.29) is 12.0 Å². The normalized spacial score (nSPS) is 21.6. The minimum atomic E-state index is -0.937. The molecule has 3 rings (SSSR count). The van der Waals surface area contributed by atoms with Gasteiger partial charge in [-0.2, -0.15) is 0 Å². The van der Waals surface area contributed by atoms with Crippen molar-refractivity contribution in [2.75, 3.05) is 18.1 Å². The average Bonchev–Trinajstić information content (AvgIpc) is 2.99. The molecule has 5 nitrogen and oxygen atoms in total. The summed E-state index contributed by atoms with van der Waals surface area (Å²) in [5.41, 5.74) is 1.79. The first kappa shape index (κ1) is 13.1. The smallest absolute Gasteiger partial charge is 0.336 e. The summed E-state index contributed by atoms with van der Waals surface area (Å²) >= 11 is 0. The lowest BCUT2D eigenvalue weighted by Crippen LogP contribution is -2.42. The standard InChI is InChI=1S/C15H17NO4/c17-14(13-7-3-9-20-13)16-8-2-5-10-11(15(18)19)4-1-6-12(10)16/h1,4,6,13H,2-3,5,7-9H2,(H,18,19)/t13-/m0/s1. The number of carboxylic acids is 1. The number of carbonyl (C=O) groups excluding carboxylic acids is 1. The fourth-order valence-corrected chi connectivity index (χ4v) is 3.00. The van der Waals surface area contributed by atoms with E-state index in [0.717, 1.165) is 30.5 Å². The summed E-state index contributed by atoms with van der Waals surface area (Å²) < 4.78 is 5.45. The van der Waals surface area contributed by atoms with E-state index in [1.54, 1.807) is 17.0 Å². The second-order valence-corrected chi connectivity index (χ2v) is 5.20. The monoisotopic (exact) mass is 275 g/mol. The fraction of sp³-hybridized carbons (Fsp3) is 0.467. The number of hydrogen-bond acceptors (Lipinski definition) is 3. The molecule has 0 unspecified atom stereocenters. The molecule has 2 aliphatic heterocycles. The molecule has 106 valence electrons. The van der Waals surface area contributed by atoms with Crippen molar-refractivity contribution in [1.29, 1.82) is 0 Å². The van der Waals surface area contributed by atoms with Crippen LogP contribution in [0.5, 0.6) is 0 Å². The van der Waals surface area contributed by atoms with E-state index in [1.165, 1.54) is 0 Å². The third kappa shape index (κ3) is 2.18. The van der Waals surface area contributed by atoms with Gasteiger partial charge in [-0.25, -0.2) is 4.79 Å². The van der Waals surface area contributed by atoms with Gasteiger partial charge in [0, 0.05) is 18.8 Å². The minimum absolute atomic E-state index is 0.0361. The minimum Gasteiger partial charge on any atom is -0.478 e. The number of carbonyl (C=O) groups is 2. The quantitative estimate of drug-likeness (QED) is 0.894. The van der Waals surface area contributed by atoms with Crippen molar-refractivity contribution in [2.24, 2.45) is 0 Å². The Bertz CT molecular complexity index is 549. The zero-order valence-corrected chi connectivity index (χ0v) is 11.2. The van der Waals surface area contributed by atoms with E-state index >= 15 is 0 Å². The van der Waals surface area contributed by atoms with Gasteiger partial charge in [0.05, 0.1) is 5.56 Å². The third-order valence-corrected chi connectivity index (χ3v) is 3.95. The van der Waals surface area contributed by atoms with E-state index in [2.05, 4.69) is 0 Å². The number of benzene rings is 1. The average molecular weight is 275 g/mol. The zero-order valence-electron chi connectivity index (χ0n) is 11.2. The highest BCUT2D eigenvalue weighted by Crippen LogP contribution is 2.31. The van der Waals surface area contributed by atoms with Gasteiger partial charge in [-0.15, -0.1) is 0 Å². The molecule has 1 aromatic carbocycles. The van der Waals surface area contributed by atoms with Crippen LogP contribution in [0.15, 0.2) is 18.2 Å². The predicted octanol–water partition coefficient (Wildman–Crippen LogP) is 1.84. The van der Waals surface area contributed by atoms with Gasteiger partial charge < -0.3 is 14.7 Å². The van der Waals surface area contributed by atoms with Gasteiger partial charge in [0.1, 0.15) is 6.10 Å². The van der Waals surface area contributed by atoms with Crippen LogP contribution in [-0.4, -0.2) is 36.2 Å². The molecule has 0 bridgehead atoms. The first-order chi connectivity index (χ1) is 9.68. The maximum absolute atomic E-state index is 12.5. The van der Waals surface area contributed by atoms with Crippen LogP contribution < -0.4 is 4.90 Å². The maximum Gasteiger partial charge on any atom is 0.336 e. The summed E-state index contributed by atoms with van der Waals surface area (Å²) in [5, 5.41) is 9.25. The van der Waals surface area contributed by atoms with Crippen molar-refractivity contribution in [3.63, 3.8) is 0 Å². The van der Waals surface area contributed by atoms with Crippen LogP contribution in [0.1, 0.15) is 35.2 Å². The lowest BCUT2D eigenvalue weighted by molar-refractivity contribution is -0.127. The third-order valence-electron chi connectivity index (χ3n) is 3.95. The molecule has 0 aromatic heterocycles. The van der Waals surface area contributed by atoms with Crippen LogP contribution in [0.3, 0.4) is 0 Å². The SMILES string of the molecule is O=C(O)c1cccc2c1CCCN2C(=O)[C@@H]1CCCO1. The number of fused-ring (bicyclic) bond motifs is 1. The highest BCUT2D eigenvalue weighted by molar-refractivity contribution is 6.00. The summed E-state index contributed by atoms with van der Waals surface area (Å²) in [4.78, 5) is 25.5. The predicted molar refractivity (Wildman–Crippen MR) is 73.0 cm³/mol. The van der Waals surface area contributed by atoms with Gasteiger partial charge in [-0.3, -0.25) is 4.79 Å². The fourth-order valence-electron chi connectivity index (χ4n) is 3.00. The zero-order chi connectivity index (χ0) is 14.1. The molecule has 2 aliphatic rings. The Morgan fingerprint density at radius 3 is 2.85 bits per heavy atom. The number of aromatic carboxylic acids is 1. The van der Waals surface area contributed by atoms with Gasteiger partial charge in [0.25, 0.3) is 5.91 Å². The number of carboxylic acid groups (broad SMARTS) is 1. The number of ether oxygens (including phenoxy) is 1. The van der Waals surface area contributed by atoms with Gasteiger partial charge in [-0.1, -0.05) is 6.07 Å². The van der Waals surface area contributed by atoms with Gasteiger partial charge in [-0.05, 0) is 43.4 Å². The van der Waals surface area contributed by atoms with Gasteiger partial charge in [0.15, 0.2) is 0 Å². The molecule has 1 atom stereocenters. The number of anilines is 1. The summed E-state index contributed by atoms with van der Waals surface area (Å²) in [5.74, 6) is -0.973. The largest absolute Gasteiger partial charge is 0.478 e. The highest BCUT2D eigenvalue weighted by atomic mass is 16.5. The van der Waals surface area contributed by atoms with Crippen LogP contribution >= 0.6 is 0 Å². The number of rotatable bonds is 2. The van der Waals surface area contributed by atoms with Crippen molar-refractivity contribution >= 4 is 17.6 Å². The first-order valence-corrected chi connectivity index (χ1v) is 6.96. The molecule has 0 spiro atoms. The maximum atomic E-state index is 12.5. The Balaban J connectivity index is 1.95. The molecule has 0 aliphatic carbocycles. The molecule has 1 aromatic rings. The highest BCUT2D eigenvalue weighted by Gasteiger charge is 2.32.